The van der Waals surface area contributed by atoms with Crippen molar-refractivity contribution in [2.24, 2.45) is 10.9 Å². The summed E-state index contributed by atoms with van der Waals surface area (Å²) in [6.07, 6.45) is 6.45. The van der Waals surface area contributed by atoms with E-state index in [1.54, 1.807) is 6.20 Å². The highest BCUT2D eigenvalue weighted by molar-refractivity contribution is 14.0. The van der Waals surface area contributed by atoms with Crippen LogP contribution in [0.25, 0.3) is 0 Å². The molecule has 3 rings (SSSR count). The van der Waals surface area contributed by atoms with Gasteiger partial charge in [0, 0.05) is 46.2 Å². The van der Waals surface area contributed by atoms with Crippen LogP contribution in [-0.2, 0) is 17.8 Å². The Hall–Kier alpha value is -1.61. The van der Waals surface area contributed by atoms with Gasteiger partial charge >= 0.3 is 0 Å². The summed E-state index contributed by atoms with van der Waals surface area (Å²) < 4.78 is 7.65. The zero-order valence-electron chi connectivity index (χ0n) is 16.2. The van der Waals surface area contributed by atoms with E-state index in [-0.39, 0.29) is 24.0 Å². The molecule has 0 radical (unpaired) electrons. The molecule has 1 aliphatic carbocycles. The molecule has 1 aromatic heterocycles. The van der Waals surface area contributed by atoms with Crippen molar-refractivity contribution >= 4 is 29.9 Å². The van der Waals surface area contributed by atoms with E-state index in [0.29, 0.717) is 0 Å². The van der Waals surface area contributed by atoms with Crippen LogP contribution in [0.4, 0.5) is 0 Å². The standard InChI is InChI=1S/C20H29N5O.HI/c1-21-20(24(2)11-12-26-16-17-7-8-17)22-14-18-5-3-6-19(13-18)15-25-10-4-9-23-25;/h3-6,9-10,13,17H,7-8,11-12,14-16H2,1-2H3,(H,21,22);1H. The maximum absolute atomic E-state index is 5.72. The Kier molecular flexibility index (Phi) is 9.06. The molecule has 0 unspecified atom stereocenters. The number of likely N-dealkylation sites (N-methyl/N-ethyl adjacent to an activating group) is 1. The predicted octanol–water partition coefficient (Wildman–Crippen LogP) is 2.98. The summed E-state index contributed by atoms with van der Waals surface area (Å²) in [5, 5.41) is 7.70. The van der Waals surface area contributed by atoms with Crippen molar-refractivity contribution in [2.75, 3.05) is 33.9 Å². The number of benzene rings is 1. The topological polar surface area (TPSA) is 54.7 Å². The molecule has 0 atom stereocenters. The molecule has 0 bridgehead atoms. The van der Waals surface area contributed by atoms with E-state index in [2.05, 4.69) is 44.6 Å². The number of aliphatic imine (C=N–C) groups is 1. The lowest BCUT2D eigenvalue weighted by Crippen LogP contribution is -2.40. The molecule has 0 amide bonds. The minimum absolute atomic E-state index is 0. The number of nitrogens with zero attached hydrogens (tertiary/aromatic N) is 4. The number of rotatable bonds is 9. The number of guanidine groups is 1. The molecule has 1 saturated carbocycles. The smallest absolute Gasteiger partial charge is 0.193 e. The van der Waals surface area contributed by atoms with Crippen LogP contribution in [0.2, 0.25) is 0 Å². The maximum Gasteiger partial charge on any atom is 0.193 e. The summed E-state index contributed by atoms with van der Waals surface area (Å²) in [7, 11) is 3.86. The minimum Gasteiger partial charge on any atom is -0.379 e. The second kappa shape index (κ2) is 11.3. The molecule has 7 heteroatoms. The zero-order chi connectivity index (χ0) is 18.2. The van der Waals surface area contributed by atoms with Gasteiger partial charge in [-0.1, -0.05) is 24.3 Å². The highest BCUT2D eigenvalue weighted by Gasteiger charge is 2.21. The summed E-state index contributed by atoms with van der Waals surface area (Å²) in [6, 6.07) is 10.5. The quantitative estimate of drug-likeness (QED) is 0.258. The molecule has 0 saturated heterocycles. The van der Waals surface area contributed by atoms with Crippen LogP contribution < -0.4 is 5.32 Å². The first kappa shape index (κ1) is 21.7. The Morgan fingerprint density at radius 3 is 2.85 bits per heavy atom. The van der Waals surface area contributed by atoms with Gasteiger partial charge in [0.2, 0.25) is 0 Å². The zero-order valence-corrected chi connectivity index (χ0v) is 18.5. The molecule has 6 nitrogen and oxygen atoms in total. The molecular weight excluding hydrogens is 453 g/mol. The van der Waals surface area contributed by atoms with Crippen molar-refractivity contribution < 1.29 is 4.74 Å². The van der Waals surface area contributed by atoms with Gasteiger partial charge in [-0.05, 0) is 36.0 Å². The second-order valence-electron chi connectivity index (χ2n) is 6.86. The van der Waals surface area contributed by atoms with Gasteiger partial charge in [0.1, 0.15) is 0 Å². The lowest BCUT2D eigenvalue weighted by molar-refractivity contribution is 0.115. The van der Waals surface area contributed by atoms with Gasteiger partial charge in [0.05, 0.1) is 13.2 Å². The second-order valence-corrected chi connectivity index (χ2v) is 6.86. The Balaban J connectivity index is 0.00000261. The maximum atomic E-state index is 5.72. The molecule has 1 aromatic carbocycles. The Morgan fingerprint density at radius 2 is 2.15 bits per heavy atom. The number of halogens is 1. The monoisotopic (exact) mass is 483 g/mol. The van der Waals surface area contributed by atoms with Gasteiger partial charge in [0.25, 0.3) is 0 Å². The van der Waals surface area contributed by atoms with Crippen LogP contribution >= 0.6 is 24.0 Å². The number of aromatic nitrogens is 2. The van der Waals surface area contributed by atoms with Crippen molar-refractivity contribution in [1.82, 2.24) is 20.0 Å². The van der Waals surface area contributed by atoms with Crippen LogP contribution in [0.5, 0.6) is 0 Å². The van der Waals surface area contributed by atoms with Gasteiger partial charge in [-0.2, -0.15) is 5.10 Å². The lowest BCUT2D eigenvalue weighted by atomic mass is 10.1. The van der Waals surface area contributed by atoms with Crippen LogP contribution in [0.3, 0.4) is 0 Å². The molecule has 148 valence electrons. The fraction of sp³-hybridized carbons (Fsp3) is 0.500. The van der Waals surface area contributed by atoms with Crippen molar-refractivity contribution in [3.63, 3.8) is 0 Å². The highest BCUT2D eigenvalue weighted by atomic mass is 127. The predicted molar refractivity (Wildman–Crippen MR) is 120 cm³/mol. The van der Waals surface area contributed by atoms with E-state index < -0.39 is 0 Å². The average Bonchev–Trinajstić information content (AvgIpc) is 3.34. The largest absolute Gasteiger partial charge is 0.379 e. The lowest BCUT2D eigenvalue weighted by Gasteiger charge is -2.22. The molecule has 1 heterocycles. The summed E-state index contributed by atoms with van der Waals surface area (Å²) in [5.74, 6) is 1.70. The van der Waals surface area contributed by atoms with E-state index in [4.69, 9.17) is 4.74 Å². The van der Waals surface area contributed by atoms with Crippen molar-refractivity contribution in [3.8, 4) is 0 Å². The Morgan fingerprint density at radius 1 is 1.33 bits per heavy atom. The molecule has 27 heavy (non-hydrogen) atoms. The van der Waals surface area contributed by atoms with Crippen LogP contribution in [0.15, 0.2) is 47.7 Å². The third kappa shape index (κ3) is 7.50. The highest BCUT2D eigenvalue weighted by Crippen LogP contribution is 2.28. The summed E-state index contributed by atoms with van der Waals surface area (Å²) in [5.41, 5.74) is 2.47. The minimum atomic E-state index is 0. The first-order chi connectivity index (χ1) is 12.7. The fourth-order valence-electron chi connectivity index (χ4n) is 2.83. The van der Waals surface area contributed by atoms with Gasteiger partial charge in [-0.3, -0.25) is 9.67 Å². The van der Waals surface area contributed by atoms with Crippen LogP contribution in [-0.4, -0.2) is 54.5 Å². The molecule has 2 aromatic rings. The molecule has 0 spiro atoms. The SMILES string of the molecule is CN=C(NCc1cccc(Cn2cccn2)c1)N(C)CCOCC1CC1.I. The number of hydrogen-bond acceptors (Lipinski definition) is 3. The van der Waals surface area contributed by atoms with E-state index in [0.717, 1.165) is 44.7 Å². The third-order valence-corrected chi connectivity index (χ3v) is 4.54. The van der Waals surface area contributed by atoms with E-state index in [1.165, 1.54) is 24.0 Å². The van der Waals surface area contributed by atoms with Crippen molar-refractivity contribution in [3.05, 3.63) is 53.9 Å². The Bertz CT molecular complexity index is 700. The number of nitrogens with one attached hydrogen (secondary N) is 1. The van der Waals surface area contributed by atoms with Crippen molar-refractivity contribution in [2.45, 2.75) is 25.9 Å². The third-order valence-electron chi connectivity index (χ3n) is 4.54. The molecule has 1 N–H and O–H groups in total. The molecule has 1 fully saturated rings. The van der Waals surface area contributed by atoms with E-state index >= 15 is 0 Å². The van der Waals surface area contributed by atoms with E-state index in [1.807, 2.05) is 31.0 Å². The molecular formula is C20H30IN5O. The summed E-state index contributed by atoms with van der Waals surface area (Å²) in [4.78, 5) is 6.49. The van der Waals surface area contributed by atoms with Crippen LogP contribution in [0.1, 0.15) is 24.0 Å². The normalized spacial score (nSPS) is 13.9. The Labute approximate surface area is 179 Å². The fourth-order valence-corrected chi connectivity index (χ4v) is 2.83. The first-order valence-corrected chi connectivity index (χ1v) is 9.29. The van der Waals surface area contributed by atoms with Crippen LogP contribution in [0, 0.1) is 5.92 Å². The first-order valence-electron chi connectivity index (χ1n) is 9.29. The van der Waals surface area contributed by atoms with Gasteiger partial charge in [-0.15, -0.1) is 24.0 Å². The molecule has 0 aliphatic heterocycles. The van der Waals surface area contributed by atoms with Gasteiger partial charge in [-0.25, -0.2) is 0 Å². The summed E-state index contributed by atoms with van der Waals surface area (Å²) >= 11 is 0. The summed E-state index contributed by atoms with van der Waals surface area (Å²) in [6.45, 7) is 4.02. The van der Waals surface area contributed by atoms with Gasteiger partial charge in [0.15, 0.2) is 5.96 Å². The number of hydrogen-bond donors (Lipinski definition) is 1. The van der Waals surface area contributed by atoms with Gasteiger partial charge < -0.3 is 15.0 Å². The molecule has 1 aliphatic rings. The van der Waals surface area contributed by atoms with Crippen molar-refractivity contribution in [1.29, 1.82) is 0 Å². The van der Waals surface area contributed by atoms with E-state index in [9.17, 15) is 0 Å². The average molecular weight is 483 g/mol. The number of ether oxygens (including phenoxy) is 1.